The molecule has 2 amide bonds. The van der Waals surface area contributed by atoms with Crippen molar-refractivity contribution < 1.29 is 47.2 Å². The number of carbonyl (C=O) groups is 3. The molecule has 2 saturated heterocycles. The molecule has 2 aliphatic rings. The monoisotopic (exact) mass is 658 g/mol. The van der Waals surface area contributed by atoms with Gasteiger partial charge in [0.2, 0.25) is 5.91 Å². The average Bonchev–Trinajstić information content (AvgIpc) is 3.56. The molecule has 0 spiro atoms. The van der Waals surface area contributed by atoms with E-state index in [1.807, 2.05) is 24.3 Å². The number of rotatable bonds is 10. The van der Waals surface area contributed by atoms with E-state index in [9.17, 15) is 37.8 Å². The van der Waals surface area contributed by atoms with E-state index in [1.54, 1.807) is 48.5 Å². The Morgan fingerprint density at radius 3 is 2.28 bits per heavy atom. The van der Waals surface area contributed by atoms with E-state index < -0.39 is 36.3 Å². The van der Waals surface area contributed by atoms with Gasteiger partial charge in [-0.2, -0.15) is 13.2 Å². The first-order valence-electron chi connectivity index (χ1n) is 14.7. The van der Waals surface area contributed by atoms with Crippen LogP contribution in [0.15, 0.2) is 77.7 Å². The fourth-order valence-corrected chi connectivity index (χ4v) is 6.59. The molecule has 2 heterocycles. The van der Waals surface area contributed by atoms with Crippen molar-refractivity contribution in [1.82, 2.24) is 10.2 Å². The zero-order valence-corrected chi connectivity index (χ0v) is 25.4. The lowest BCUT2D eigenvalue weighted by molar-refractivity contribution is -0.245. The number of hydrogen-bond acceptors (Lipinski definition) is 7. The first-order chi connectivity index (χ1) is 22.0. The molecule has 46 heavy (non-hydrogen) atoms. The highest BCUT2D eigenvalue weighted by molar-refractivity contribution is 7.99. The first kappa shape index (κ1) is 33.5. The maximum Gasteiger partial charge on any atom is 0.471 e. The molecule has 9 nitrogen and oxygen atoms in total. The fraction of sp³-hybridized carbons (Fsp3) is 0.364. The number of benzene rings is 3. The molecule has 0 aromatic heterocycles. The van der Waals surface area contributed by atoms with Crippen molar-refractivity contribution in [3.8, 4) is 0 Å². The number of alkyl halides is 3. The van der Waals surface area contributed by atoms with Crippen LogP contribution in [0.3, 0.4) is 0 Å². The van der Waals surface area contributed by atoms with E-state index in [-0.39, 0.29) is 43.9 Å². The predicted octanol–water partition coefficient (Wildman–Crippen LogP) is 5.38. The van der Waals surface area contributed by atoms with Crippen LogP contribution in [-0.2, 0) is 32.2 Å². The Kier molecular flexibility index (Phi) is 10.7. The number of aromatic carboxylic acids is 1. The number of likely N-dealkylation sites (tertiary alicyclic amines) is 1. The molecule has 3 N–H and O–H groups in total. The SMILES string of the molecule is O=C(O)c1ccccc1SC[C@H]1C[C@@H](c2ccc(CO)cc2)O[C@@H](c2ccc(CNC(=O)[C@@H]3CCCN3C(=O)C(F)(F)F)cc2)O1. The topological polar surface area (TPSA) is 125 Å². The number of thioether (sulfide) groups is 1. The standard InChI is InChI=1S/C33H33F3N2O7S/c34-33(35,36)32(43)38-15-3-5-26(38)29(40)37-17-20-7-13-23(14-8-20)31-44-24(19-46-28-6-2-1-4-25(28)30(41)42)16-27(45-31)22-11-9-21(18-39)10-12-22/h1-2,4,6-14,24,26-27,31,39H,3,5,15-19H2,(H,37,40)(H,41,42)/t24-,26+,27+,31+/m1/s1. The van der Waals surface area contributed by atoms with Crippen LogP contribution in [-0.4, -0.2) is 63.5 Å². The summed E-state index contributed by atoms with van der Waals surface area (Å²) >= 11 is 1.39. The van der Waals surface area contributed by atoms with Gasteiger partial charge in [0, 0.05) is 35.7 Å². The van der Waals surface area contributed by atoms with Crippen LogP contribution in [0, 0.1) is 0 Å². The van der Waals surface area contributed by atoms with Crippen molar-refractivity contribution >= 4 is 29.5 Å². The summed E-state index contributed by atoms with van der Waals surface area (Å²) in [6, 6.07) is 20.1. The Bertz CT molecular complexity index is 1540. The molecule has 0 bridgehead atoms. The number of nitrogens with zero attached hydrogens (tertiary/aromatic N) is 1. The minimum absolute atomic E-state index is 0.0537. The second-order valence-electron chi connectivity index (χ2n) is 11.1. The number of amides is 2. The largest absolute Gasteiger partial charge is 0.478 e. The number of aliphatic hydroxyl groups is 1. The quantitative estimate of drug-likeness (QED) is 0.248. The molecular formula is C33H33F3N2O7S. The van der Waals surface area contributed by atoms with E-state index >= 15 is 0 Å². The van der Waals surface area contributed by atoms with Gasteiger partial charge in [-0.25, -0.2) is 4.79 Å². The number of carboxylic acid groups (broad SMARTS) is 1. The van der Waals surface area contributed by atoms with Gasteiger partial charge in [0.25, 0.3) is 0 Å². The highest BCUT2D eigenvalue weighted by Crippen LogP contribution is 2.40. The van der Waals surface area contributed by atoms with Gasteiger partial charge in [-0.3, -0.25) is 9.59 Å². The number of carbonyl (C=O) groups excluding carboxylic acids is 2. The lowest BCUT2D eigenvalue weighted by atomic mass is 10.0. The van der Waals surface area contributed by atoms with Gasteiger partial charge in [-0.15, -0.1) is 11.8 Å². The van der Waals surface area contributed by atoms with Gasteiger partial charge in [-0.05, 0) is 41.7 Å². The molecule has 0 unspecified atom stereocenters. The van der Waals surface area contributed by atoms with Crippen LogP contribution in [0.25, 0.3) is 0 Å². The van der Waals surface area contributed by atoms with Crippen molar-refractivity contribution in [2.75, 3.05) is 12.3 Å². The minimum Gasteiger partial charge on any atom is -0.478 e. The van der Waals surface area contributed by atoms with E-state index in [4.69, 9.17) is 9.47 Å². The summed E-state index contributed by atoms with van der Waals surface area (Å²) in [6.07, 6.45) is -5.47. The third kappa shape index (κ3) is 8.08. The summed E-state index contributed by atoms with van der Waals surface area (Å²) in [7, 11) is 0. The van der Waals surface area contributed by atoms with Crippen LogP contribution >= 0.6 is 11.8 Å². The zero-order valence-electron chi connectivity index (χ0n) is 24.6. The van der Waals surface area contributed by atoms with Crippen molar-refractivity contribution in [1.29, 1.82) is 0 Å². The van der Waals surface area contributed by atoms with E-state index in [1.165, 1.54) is 11.8 Å². The van der Waals surface area contributed by atoms with Gasteiger partial charge in [-0.1, -0.05) is 60.7 Å². The normalized spacial score (nSPS) is 21.6. The minimum atomic E-state index is -5.04. The second kappa shape index (κ2) is 14.7. The Morgan fingerprint density at radius 2 is 1.61 bits per heavy atom. The van der Waals surface area contributed by atoms with Gasteiger partial charge < -0.3 is 29.9 Å². The molecule has 0 radical (unpaired) electrons. The maximum atomic E-state index is 12.9. The molecule has 0 aliphatic carbocycles. The molecule has 13 heteroatoms. The Morgan fingerprint density at radius 1 is 0.935 bits per heavy atom. The van der Waals surface area contributed by atoms with Crippen molar-refractivity contribution in [2.45, 2.75) is 68.0 Å². The van der Waals surface area contributed by atoms with Crippen LogP contribution in [0.5, 0.6) is 0 Å². The number of ether oxygens (including phenoxy) is 2. The number of aliphatic hydroxyl groups excluding tert-OH is 1. The lowest BCUT2D eigenvalue weighted by Gasteiger charge is -2.36. The predicted molar refractivity (Wildman–Crippen MR) is 162 cm³/mol. The summed E-state index contributed by atoms with van der Waals surface area (Å²) in [5.41, 5.74) is 3.26. The highest BCUT2D eigenvalue weighted by Gasteiger charge is 2.47. The number of nitrogens with one attached hydrogen (secondary N) is 1. The summed E-state index contributed by atoms with van der Waals surface area (Å²) in [6.45, 7) is -0.153. The average molecular weight is 659 g/mol. The zero-order chi connectivity index (χ0) is 32.8. The third-order valence-electron chi connectivity index (χ3n) is 7.93. The number of carboxylic acids is 1. The van der Waals surface area contributed by atoms with Gasteiger partial charge in [0.05, 0.1) is 24.4 Å². The summed E-state index contributed by atoms with van der Waals surface area (Å²) in [4.78, 5) is 37.3. The fourth-order valence-electron chi connectivity index (χ4n) is 5.52. The molecule has 5 rings (SSSR count). The van der Waals surface area contributed by atoms with Crippen LogP contribution in [0.1, 0.15) is 64.3 Å². The molecule has 244 valence electrons. The summed E-state index contributed by atoms with van der Waals surface area (Å²) in [5.74, 6) is -3.19. The van der Waals surface area contributed by atoms with Crippen molar-refractivity contribution in [2.24, 2.45) is 0 Å². The molecule has 0 saturated carbocycles. The Labute approximate surface area is 267 Å². The van der Waals surface area contributed by atoms with Gasteiger partial charge >= 0.3 is 18.1 Å². The van der Waals surface area contributed by atoms with Crippen molar-refractivity contribution in [3.05, 3.63) is 101 Å². The van der Waals surface area contributed by atoms with Crippen LogP contribution in [0.4, 0.5) is 13.2 Å². The van der Waals surface area contributed by atoms with Gasteiger partial charge in [0.1, 0.15) is 6.04 Å². The summed E-state index contributed by atoms with van der Waals surface area (Å²) in [5, 5.41) is 21.7. The molecule has 2 aliphatic heterocycles. The highest BCUT2D eigenvalue weighted by atomic mass is 32.2. The summed E-state index contributed by atoms with van der Waals surface area (Å²) < 4.78 is 51.5. The Balaban J connectivity index is 1.26. The van der Waals surface area contributed by atoms with Crippen LogP contribution in [0.2, 0.25) is 0 Å². The van der Waals surface area contributed by atoms with Gasteiger partial charge in [0.15, 0.2) is 6.29 Å². The lowest BCUT2D eigenvalue weighted by Crippen LogP contribution is -2.50. The molecule has 2 fully saturated rings. The Hall–Kier alpha value is -3.91. The second-order valence-corrected chi connectivity index (χ2v) is 12.1. The molecule has 3 aromatic carbocycles. The first-order valence-corrected chi connectivity index (χ1v) is 15.7. The molecule has 3 aromatic rings. The third-order valence-corrected chi connectivity index (χ3v) is 9.14. The molecular weight excluding hydrogens is 625 g/mol. The van der Waals surface area contributed by atoms with Crippen molar-refractivity contribution in [3.63, 3.8) is 0 Å². The smallest absolute Gasteiger partial charge is 0.471 e. The van der Waals surface area contributed by atoms with E-state index in [0.717, 1.165) is 11.1 Å². The number of hydrogen-bond donors (Lipinski definition) is 3. The van der Waals surface area contributed by atoms with Crippen LogP contribution < -0.4 is 5.32 Å². The van der Waals surface area contributed by atoms with E-state index in [0.29, 0.717) is 39.5 Å². The van der Waals surface area contributed by atoms with E-state index in [2.05, 4.69) is 5.32 Å². The maximum absolute atomic E-state index is 12.9. The molecule has 4 atom stereocenters. The number of halogens is 3.